The number of fused-ring (bicyclic) bond motifs is 2. The van der Waals surface area contributed by atoms with Gasteiger partial charge in [0.05, 0.1) is 10.5 Å². The Hall–Kier alpha value is -1.61. The van der Waals surface area contributed by atoms with Gasteiger partial charge in [-0.2, -0.15) is 0 Å². The Morgan fingerprint density at radius 2 is 1.95 bits per heavy atom. The number of nitrogens with zero attached hydrogens (tertiary/aromatic N) is 2. The number of rotatable bonds is 1. The lowest BCUT2D eigenvalue weighted by atomic mass is 10.1. The number of hydrogen-bond donors (Lipinski definition) is 0. The number of carbonyl (C=O) groups excluding carboxylic acids is 1. The second kappa shape index (κ2) is 4.99. The molecule has 4 heteroatoms. The highest BCUT2D eigenvalue weighted by Crippen LogP contribution is 2.34. The molecule has 2 aliphatic rings. The topological polar surface area (TPSA) is 33.2 Å². The molecule has 3 nitrogen and oxygen atoms in total. The molecule has 2 heterocycles. The lowest BCUT2D eigenvalue weighted by Crippen LogP contribution is -2.27. The van der Waals surface area contributed by atoms with E-state index in [-0.39, 0.29) is 5.91 Å². The Balaban J connectivity index is 1.79. The van der Waals surface area contributed by atoms with Gasteiger partial charge in [-0.1, -0.05) is 17.7 Å². The predicted octanol–water partition coefficient (Wildman–Crippen LogP) is 3.61. The maximum atomic E-state index is 12.5. The fourth-order valence-corrected chi connectivity index (χ4v) is 3.80. The van der Waals surface area contributed by atoms with Crippen LogP contribution in [0.4, 0.5) is 0 Å². The zero-order chi connectivity index (χ0) is 14.4. The first-order valence-corrected chi connectivity index (χ1v) is 8.02. The summed E-state index contributed by atoms with van der Waals surface area (Å²) in [6.45, 7) is 1.74. The average molecular weight is 301 g/mol. The molecule has 2 aromatic rings. The third-order valence-corrected chi connectivity index (χ3v) is 5.02. The first-order chi connectivity index (χ1) is 10.2. The Labute approximate surface area is 128 Å². The lowest BCUT2D eigenvalue weighted by molar-refractivity contribution is 0.0793. The molecule has 1 amide bonds. The van der Waals surface area contributed by atoms with E-state index < -0.39 is 0 Å². The zero-order valence-electron chi connectivity index (χ0n) is 11.9. The maximum absolute atomic E-state index is 12.5. The van der Waals surface area contributed by atoms with Crippen LogP contribution in [-0.2, 0) is 12.8 Å². The van der Waals surface area contributed by atoms with E-state index >= 15 is 0 Å². The summed E-state index contributed by atoms with van der Waals surface area (Å²) in [6.07, 6.45) is 5.35. The number of pyridine rings is 1. The summed E-state index contributed by atoms with van der Waals surface area (Å²) in [5, 5.41) is 1.79. The first kappa shape index (κ1) is 13.1. The SMILES string of the molecule is O=C(c1ccc2c(Cl)c3c(nc2c1)CCC3)N1CCCC1. The van der Waals surface area contributed by atoms with Crippen LogP contribution in [0.15, 0.2) is 18.2 Å². The molecule has 1 aliphatic heterocycles. The van der Waals surface area contributed by atoms with E-state index in [0.717, 1.165) is 72.4 Å². The summed E-state index contributed by atoms with van der Waals surface area (Å²) in [5.74, 6) is 0.118. The van der Waals surface area contributed by atoms with Gasteiger partial charge in [0.1, 0.15) is 0 Å². The molecule has 1 aromatic carbocycles. The number of halogens is 1. The van der Waals surface area contributed by atoms with Gasteiger partial charge in [0.25, 0.3) is 5.91 Å². The van der Waals surface area contributed by atoms with Crippen LogP contribution in [0.2, 0.25) is 5.02 Å². The molecule has 0 N–H and O–H groups in total. The Morgan fingerprint density at radius 1 is 1.14 bits per heavy atom. The van der Waals surface area contributed by atoms with Gasteiger partial charge < -0.3 is 4.90 Å². The minimum Gasteiger partial charge on any atom is -0.339 e. The molecule has 1 aliphatic carbocycles. The molecule has 0 bridgehead atoms. The largest absolute Gasteiger partial charge is 0.339 e. The van der Waals surface area contributed by atoms with Gasteiger partial charge in [-0.25, -0.2) is 0 Å². The third-order valence-electron chi connectivity index (χ3n) is 4.58. The summed E-state index contributed by atoms with van der Waals surface area (Å²) in [5.41, 5.74) is 3.89. The van der Waals surface area contributed by atoms with Gasteiger partial charge in [-0.05, 0) is 49.8 Å². The molecule has 1 fully saturated rings. The molecular weight excluding hydrogens is 284 g/mol. The van der Waals surface area contributed by atoms with E-state index in [2.05, 4.69) is 0 Å². The van der Waals surface area contributed by atoms with Crippen LogP contribution in [-0.4, -0.2) is 28.9 Å². The van der Waals surface area contributed by atoms with E-state index in [1.54, 1.807) is 0 Å². The quantitative estimate of drug-likeness (QED) is 0.806. The highest BCUT2D eigenvalue weighted by Gasteiger charge is 2.22. The fourth-order valence-electron chi connectivity index (χ4n) is 3.44. The van der Waals surface area contributed by atoms with E-state index in [9.17, 15) is 4.79 Å². The molecule has 108 valence electrons. The van der Waals surface area contributed by atoms with Gasteiger partial charge in [0.15, 0.2) is 0 Å². The maximum Gasteiger partial charge on any atom is 0.253 e. The normalized spacial score (nSPS) is 17.5. The van der Waals surface area contributed by atoms with Crippen molar-refractivity contribution in [2.75, 3.05) is 13.1 Å². The summed E-state index contributed by atoms with van der Waals surface area (Å²) < 4.78 is 0. The average Bonchev–Trinajstić information content (AvgIpc) is 3.17. The van der Waals surface area contributed by atoms with Crippen LogP contribution in [0.3, 0.4) is 0 Å². The van der Waals surface area contributed by atoms with Gasteiger partial charge in [-0.3, -0.25) is 9.78 Å². The summed E-state index contributed by atoms with van der Waals surface area (Å²) in [7, 11) is 0. The van der Waals surface area contributed by atoms with Crippen molar-refractivity contribution in [2.45, 2.75) is 32.1 Å². The van der Waals surface area contributed by atoms with Crippen molar-refractivity contribution >= 4 is 28.4 Å². The van der Waals surface area contributed by atoms with Crippen LogP contribution >= 0.6 is 11.6 Å². The smallest absolute Gasteiger partial charge is 0.253 e. The van der Waals surface area contributed by atoms with Gasteiger partial charge in [-0.15, -0.1) is 0 Å². The molecule has 0 spiro atoms. The number of likely N-dealkylation sites (tertiary alicyclic amines) is 1. The summed E-state index contributed by atoms with van der Waals surface area (Å²) in [4.78, 5) is 19.1. The van der Waals surface area contributed by atoms with Gasteiger partial charge in [0, 0.05) is 29.7 Å². The van der Waals surface area contributed by atoms with Crippen molar-refractivity contribution in [3.05, 3.63) is 40.0 Å². The fraction of sp³-hybridized carbons (Fsp3) is 0.412. The number of carbonyl (C=O) groups is 1. The zero-order valence-corrected chi connectivity index (χ0v) is 12.6. The second-order valence-electron chi connectivity index (χ2n) is 5.94. The third kappa shape index (κ3) is 2.11. The highest BCUT2D eigenvalue weighted by molar-refractivity contribution is 6.36. The Bertz CT molecular complexity index is 735. The standard InChI is InChI=1S/C17H17ClN2O/c18-16-12-4-3-5-14(12)19-15-10-11(6-7-13(15)16)17(21)20-8-1-2-9-20/h6-7,10H,1-5,8-9H2. The molecule has 1 aromatic heterocycles. The first-order valence-electron chi connectivity index (χ1n) is 7.64. The number of aromatic nitrogens is 1. The summed E-state index contributed by atoms with van der Waals surface area (Å²) in [6, 6.07) is 5.74. The monoisotopic (exact) mass is 300 g/mol. The molecule has 21 heavy (non-hydrogen) atoms. The van der Waals surface area contributed by atoms with Crippen molar-refractivity contribution in [1.82, 2.24) is 9.88 Å². The van der Waals surface area contributed by atoms with E-state index in [0.29, 0.717) is 0 Å². The van der Waals surface area contributed by atoms with Crippen LogP contribution < -0.4 is 0 Å². The van der Waals surface area contributed by atoms with Crippen LogP contribution in [0, 0.1) is 0 Å². The van der Waals surface area contributed by atoms with Crippen LogP contribution in [0.5, 0.6) is 0 Å². The molecule has 0 unspecified atom stereocenters. The molecule has 0 radical (unpaired) electrons. The van der Waals surface area contributed by atoms with Crippen LogP contribution in [0.1, 0.15) is 40.9 Å². The molecule has 1 saturated heterocycles. The Kier molecular flexibility index (Phi) is 3.11. The molecule has 4 rings (SSSR count). The number of aryl methyl sites for hydroxylation is 1. The van der Waals surface area contributed by atoms with Crippen molar-refractivity contribution in [1.29, 1.82) is 0 Å². The van der Waals surface area contributed by atoms with Crippen molar-refractivity contribution < 1.29 is 4.79 Å². The minimum atomic E-state index is 0.118. The Morgan fingerprint density at radius 3 is 2.76 bits per heavy atom. The number of benzene rings is 1. The van der Waals surface area contributed by atoms with Crippen molar-refractivity contribution in [2.24, 2.45) is 0 Å². The van der Waals surface area contributed by atoms with E-state index in [4.69, 9.17) is 16.6 Å². The lowest BCUT2D eigenvalue weighted by Gasteiger charge is -2.15. The predicted molar refractivity (Wildman–Crippen MR) is 83.9 cm³/mol. The van der Waals surface area contributed by atoms with Crippen LogP contribution in [0.25, 0.3) is 10.9 Å². The van der Waals surface area contributed by atoms with Gasteiger partial charge >= 0.3 is 0 Å². The number of amides is 1. The molecular formula is C17H17ClN2O. The molecule has 0 saturated carbocycles. The van der Waals surface area contributed by atoms with Crippen molar-refractivity contribution in [3.8, 4) is 0 Å². The van der Waals surface area contributed by atoms with Crippen molar-refractivity contribution in [3.63, 3.8) is 0 Å². The minimum absolute atomic E-state index is 0.118. The van der Waals surface area contributed by atoms with Gasteiger partial charge in [0.2, 0.25) is 0 Å². The van der Waals surface area contributed by atoms with E-state index in [1.807, 2.05) is 23.1 Å². The second-order valence-corrected chi connectivity index (χ2v) is 6.31. The highest BCUT2D eigenvalue weighted by atomic mass is 35.5. The summed E-state index contributed by atoms with van der Waals surface area (Å²) >= 11 is 6.51. The molecule has 0 atom stereocenters. The number of hydrogen-bond acceptors (Lipinski definition) is 2. The van der Waals surface area contributed by atoms with E-state index in [1.165, 1.54) is 5.56 Å².